The van der Waals surface area contributed by atoms with Gasteiger partial charge in [0.1, 0.15) is 6.10 Å². The van der Waals surface area contributed by atoms with Crippen molar-refractivity contribution in [1.82, 2.24) is 24.9 Å². The topological polar surface area (TPSA) is 73.1 Å². The summed E-state index contributed by atoms with van der Waals surface area (Å²) < 4.78 is 6.12. The van der Waals surface area contributed by atoms with Gasteiger partial charge in [0.2, 0.25) is 5.88 Å². The number of likely N-dealkylation sites (tertiary alicyclic amines) is 1. The molecule has 1 aliphatic rings. The molecular formula is C21H23N5O2. The second-order valence-electron chi connectivity index (χ2n) is 7.08. The minimum absolute atomic E-state index is 0.0357. The van der Waals surface area contributed by atoms with Gasteiger partial charge in [-0.2, -0.15) is 15.0 Å². The van der Waals surface area contributed by atoms with E-state index in [4.69, 9.17) is 4.74 Å². The van der Waals surface area contributed by atoms with Crippen LogP contribution < -0.4 is 4.74 Å². The molecule has 0 aliphatic carbocycles. The molecule has 1 fully saturated rings. The monoisotopic (exact) mass is 377 g/mol. The lowest BCUT2D eigenvalue weighted by Gasteiger charge is -2.38. The van der Waals surface area contributed by atoms with Gasteiger partial charge >= 0.3 is 0 Å². The molecule has 0 saturated carbocycles. The largest absolute Gasteiger partial charge is 0.472 e. The van der Waals surface area contributed by atoms with Crippen LogP contribution >= 0.6 is 0 Å². The number of benzene rings is 1. The summed E-state index contributed by atoms with van der Waals surface area (Å²) in [5, 5.41) is 8.35. The number of piperidine rings is 1. The number of aryl methyl sites for hydroxylation is 1. The van der Waals surface area contributed by atoms with Crippen LogP contribution in [0.1, 0.15) is 35.7 Å². The van der Waals surface area contributed by atoms with Crippen LogP contribution in [0.5, 0.6) is 5.88 Å². The van der Waals surface area contributed by atoms with E-state index >= 15 is 0 Å². The lowest BCUT2D eigenvalue weighted by atomic mass is 9.99. The number of para-hydroxylation sites is 1. The van der Waals surface area contributed by atoms with Gasteiger partial charge in [-0.3, -0.25) is 4.79 Å². The third-order valence-electron chi connectivity index (χ3n) is 5.11. The maximum absolute atomic E-state index is 13.4. The molecule has 2 atom stereocenters. The van der Waals surface area contributed by atoms with E-state index in [0.717, 1.165) is 18.4 Å². The third-order valence-corrected chi connectivity index (χ3v) is 5.11. The lowest BCUT2D eigenvalue weighted by molar-refractivity contribution is 0.0371. The number of aromatic nitrogens is 4. The summed E-state index contributed by atoms with van der Waals surface area (Å²) in [6.07, 6.45) is 6.62. The van der Waals surface area contributed by atoms with E-state index in [2.05, 4.69) is 22.1 Å². The fraction of sp³-hybridized carbons (Fsp3) is 0.333. The predicted octanol–water partition coefficient (Wildman–Crippen LogP) is 3.04. The molecule has 3 aromatic rings. The van der Waals surface area contributed by atoms with Gasteiger partial charge < -0.3 is 9.64 Å². The van der Waals surface area contributed by atoms with Crippen LogP contribution in [0.4, 0.5) is 0 Å². The van der Waals surface area contributed by atoms with Gasteiger partial charge in [0.15, 0.2) is 0 Å². The van der Waals surface area contributed by atoms with E-state index in [9.17, 15) is 4.79 Å². The summed E-state index contributed by atoms with van der Waals surface area (Å²) >= 11 is 0. The van der Waals surface area contributed by atoms with Crippen molar-refractivity contribution in [1.29, 1.82) is 0 Å². The Labute approximate surface area is 164 Å². The lowest BCUT2D eigenvalue weighted by Crippen LogP contribution is -2.49. The van der Waals surface area contributed by atoms with Gasteiger partial charge in [0.25, 0.3) is 5.91 Å². The van der Waals surface area contributed by atoms with Crippen LogP contribution in [0.3, 0.4) is 0 Å². The Morgan fingerprint density at radius 2 is 1.86 bits per heavy atom. The Bertz CT molecular complexity index is 957. The van der Waals surface area contributed by atoms with E-state index in [1.807, 2.05) is 48.2 Å². The summed E-state index contributed by atoms with van der Waals surface area (Å²) in [5.74, 6) is 0.599. The molecule has 7 nitrogen and oxygen atoms in total. The van der Waals surface area contributed by atoms with Crippen molar-refractivity contribution in [3.8, 4) is 11.6 Å². The van der Waals surface area contributed by atoms with Gasteiger partial charge in [0, 0.05) is 17.8 Å². The first kappa shape index (κ1) is 18.2. The predicted molar refractivity (Wildman–Crippen MR) is 104 cm³/mol. The number of pyridine rings is 1. The molecule has 0 N–H and O–H groups in total. The highest BCUT2D eigenvalue weighted by atomic mass is 16.5. The Kier molecular flexibility index (Phi) is 5.06. The zero-order valence-electron chi connectivity index (χ0n) is 16.0. The van der Waals surface area contributed by atoms with Crippen LogP contribution in [0.25, 0.3) is 5.69 Å². The highest BCUT2D eigenvalue weighted by Gasteiger charge is 2.32. The summed E-state index contributed by atoms with van der Waals surface area (Å²) in [5.41, 5.74) is 2.25. The maximum Gasteiger partial charge on any atom is 0.256 e. The zero-order valence-corrected chi connectivity index (χ0v) is 16.0. The second kappa shape index (κ2) is 7.80. The molecule has 4 rings (SSSR count). The van der Waals surface area contributed by atoms with Crippen molar-refractivity contribution in [2.75, 3.05) is 6.54 Å². The molecule has 144 valence electrons. The molecular weight excluding hydrogens is 354 g/mol. The van der Waals surface area contributed by atoms with Gasteiger partial charge in [-0.1, -0.05) is 18.2 Å². The normalized spacial score (nSPS) is 19.4. The van der Waals surface area contributed by atoms with Crippen LogP contribution in [0, 0.1) is 6.92 Å². The van der Waals surface area contributed by atoms with E-state index in [1.54, 1.807) is 18.6 Å². The minimum Gasteiger partial charge on any atom is -0.472 e. The smallest absolute Gasteiger partial charge is 0.256 e. The number of carbonyl (C=O) groups excluding carboxylic acids is 1. The molecule has 7 heteroatoms. The molecule has 0 radical (unpaired) electrons. The highest BCUT2D eigenvalue weighted by Crippen LogP contribution is 2.25. The van der Waals surface area contributed by atoms with Crippen molar-refractivity contribution >= 4 is 5.91 Å². The minimum atomic E-state index is -0.0799. The number of ether oxygens (including phenoxy) is 1. The van der Waals surface area contributed by atoms with E-state index in [1.165, 1.54) is 4.80 Å². The summed E-state index contributed by atoms with van der Waals surface area (Å²) in [7, 11) is 0. The van der Waals surface area contributed by atoms with Crippen molar-refractivity contribution in [3.63, 3.8) is 0 Å². The standard InChI is InChI=1S/C21H23N5O2/c1-15-6-5-11-22-20(15)28-17-10-9-16(2)25(14-17)21(27)18-7-3-4-8-19(18)26-23-12-13-24-26/h3-8,11-13,16-17H,9-10,14H2,1-2H3/t16-,17+/m0/s1. The Morgan fingerprint density at radius 3 is 2.64 bits per heavy atom. The molecule has 0 spiro atoms. The zero-order chi connectivity index (χ0) is 19.5. The fourth-order valence-corrected chi connectivity index (χ4v) is 3.53. The number of carbonyl (C=O) groups is 1. The number of hydrogen-bond acceptors (Lipinski definition) is 5. The van der Waals surface area contributed by atoms with Crippen LogP contribution in [-0.4, -0.2) is 49.5 Å². The average molecular weight is 377 g/mol. The molecule has 3 heterocycles. The summed E-state index contributed by atoms with van der Waals surface area (Å²) in [6.45, 7) is 4.58. The average Bonchev–Trinajstić information content (AvgIpc) is 3.25. The quantitative estimate of drug-likeness (QED) is 0.699. The Morgan fingerprint density at radius 1 is 1.07 bits per heavy atom. The summed E-state index contributed by atoms with van der Waals surface area (Å²) in [6, 6.07) is 11.4. The molecule has 0 unspecified atom stereocenters. The van der Waals surface area contributed by atoms with Crippen LogP contribution in [-0.2, 0) is 0 Å². The van der Waals surface area contributed by atoms with E-state index < -0.39 is 0 Å². The van der Waals surface area contributed by atoms with Crippen molar-refractivity contribution in [3.05, 3.63) is 66.1 Å². The van der Waals surface area contributed by atoms with Crippen molar-refractivity contribution in [2.24, 2.45) is 0 Å². The SMILES string of the molecule is Cc1cccnc1O[C@@H]1CC[C@H](C)N(C(=O)c2ccccc2-n2nccn2)C1. The number of rotatable bonds is 4. The first-order valence-corrected chi connectivity index (χ1v) is 9.48. The van der Waals surface area contributed by atoms with E-state index in [-0.39, 0.29) is 18.1 Å². The molecule has 1 aromatic carbocycles. The van der Waals surface area contributed by atoms with Crippen molar-refractivity contribution < 1.29 is 9.53 Å². The molecule has 1 saturated heterocycles. The summed E-state index contributed by atoms with van der Waals surface area (Å²) in [4.78, 5) is 21.1. The van der Waals surface area contributed by atoms with Gasteiger partial charge in [0.05, 0.1) is 30.2 Å². The Hall–Kier alpha value is -3.22. The first-order chi connectivity index (χ1) is 13.6. The van der Waals surface area contributed by atoms with Gasteiger partial charge in [-0.25, -0.2) is 4.98 Å². The fourth-order valence-electron chi connectivity index (χ4n) is 3.53. The maximum atomic E-state index is 13.4. The van der Waals surface area contributed by atoms with Gasteiger partial charge in [-0.15, -0.1) is 0 Å². The number of nitrogens with zero attached hydrogens (tertiary/aromatic N) is 5. The molecule has 28 heavy (non-hydrogen) atoms. The van der Waals surface area contributed by atoms with E-state index in [0.29, 0.717) is 23.7 Å². The Balaban J connectivity index is 1.56. The second-order valence-corrected chi connectivity index (χ2v) is 7.08. The third kappa shape index (κ3) is 3.60. The molecule has 2 aromatic heterocycles. The van der Waals surface area contributed by atoms with Crippen LogP contribution in [0.15, 0.2) is 55.0 Å². The van der Waals surface area contributed by atoms with Crippen molar-refractivity contribution in [2.45, 2.75) is 38.8 Å². The number of hydrogen-bond donors (Lipinski definition) is 0. The first-order valence-electron chi connectivity index (χ1n) is 9.48. The van der Waals surface area contributed by atoms with Gasteiger partial charge in [-0.05, 0) is 44.9 Å². The molecule has 1 aliphatic heterocycles. The van der Waals surface area contributed by atoms with Crippen LogP contribution in [0.2, 0.25) is 0 Å². The highest BCUT2D eigenvalue weighted by molar-refractivity contribution is 5.98. The molecule has 1 amide bonds. The number of amides is 1. The molecule has 0 bridgehead atoms.